The number of benzene rings is 2. The second kappa shape index (κ2) is 10.3. The van der Waals surface area contributed by atoms with Crippen LogP contribution in [0.2, 0.25) is 0 Å². The number of nitrogens with zero attached hydrogens (tertiary/aromatic N) is 1. The molecule has 0 fully saturated rings. The second-order valence-corrected chi connectivity index (χ2v) is 8.36. The Kier molecular flexibility index (Phi) is 7.02. The second-order valence-electron chi connectivity index (χ2n) is 8.36. The lowest BCUT2D eigenvalue weighted by molar-refractivity contribution is -0.136. The molecule has 166 valence electrons. The highest BCUT2D eigenvalue weighted by atomic mass is 16.4. The minimum Gasteiger partial charge on any atom is -0.481 e. The SMILES string of the molecule is CC(CN[C@H](c1ccccc1)[C@H]1CNc2cccnc2N1)c1ccc(CCC(=O)O)cc1. The summed E-state index contributed by atoms with van der Waals surface area (Å²) in [6, 6.07) is 23.1. The number of carboxylic acid groups (broad SMARTS) is 1. The van der Waals surface area contributed by atoms with Crippen LogP contribution in [0, 0.1) is 0 Å². The summed E-state index contributed by atoms with van der Waals surface area (Å²) in [6.45, 7) is 3.84. The van der Waals surface area contributed by atoms with Crippen LogP contribution in [-0.4, -0.2) is 35.2 Å². The predicted octanol–water partition coefficient (Wildman–Crippen LogP) is 4.44. The molecule has 3 atom stereocenters. The van der Waals surface area contributed by atoms with Crippen LogP contribution >= 0.6 is 0 Å². The first-order valence-electron chi connectivity index (χ1n) is 11.1. The zero-order valence-electron chi connectivity index (χ0n) is 18.3. The lowest BCUT2D eigenvalue weighted by Gasteiger charge is -2.35. The molecule has 4 N–H and O–H groups in total. The summed E-state index contributed by atoms with van der Waals surface area (Å²) in [4.78, 5) is 15.3. The van der Waals surface area contributed by atoms with Gasteiger partial charge in [0.1, 0.15) is 5.82 Å². The van der Waals surface area contributed by atoms with Gasteiger partial charge < -0.3 is 21.1 Å². The molecule has 32 heavy (non-hydrogen) atoms. The fourth-order valence-corrected chi connectivity index (χ4v) is 4.15. The number of carbonyl (C=O) groups is 1. The Morgan fingerprint density at radius 3 is 2.62 bits per heavy atom. The van der Waals surface area contributed by atoms with Crippen molar-refractivity contribution in [2.45, 2.75) is 37.8 Å². The molecule has 6 nitrogen and oxygen atoms in total. The standard InChI is InChI=1S/C26H30N4O2/c1-18(20-12-9-19(10-13-20)11-14-24(31)32)16-29-25(21-6-3-2-4-7-21)23-17-28-22-8-5-15-27-26(22)30-23/h2-10,12-13,15,18,23,25,28-29H,11,14,16-17H2,1H3,(H,27,30)(H,31,32)/t18?,23-,25-/m1/s1. The van der Waals surface area contributed by atoms with Crippen molar-refractivity contribution in [2.75, 3.05) is 23.7 Å². The van der Waals surface area contributed by atoms with Gasteiger partial charge in [0.2, 0.25) is 0 Å². The van der Waals surface area contributed by atoms with E-state index in [0.29, 0.717) is 12.3 Å². The molecule has 1 aliphatic heterocycles. The van der Waals surface area contributed by atoms with Gasteiger partial charge in [-0.25, -0.2) is 4.98 Å². The van der Waals surface area contributed by atoms with Crippen LogP contribution in [0.5, 0.6) is 0 Å². The Labute approximate surface area is 189 Å². The number of anilines is 2. The molecule has 0 aliphatic carbocycles. The maximum absolute atomic E-state index is 10.8. The van der Waals surface area contributed by atoms with Gasteiger partial charge in [-0.05, 0) is 41.2 Å². The molecule has 0 saturated heterocycles. The van der Waals surface area contributed by atoms with Crippen molar-refractivity contribution in [1.29, 1.82) is 0 Å². The van der Waals surface area contributed by atoms with E-state index in [4.69, 9.17) is 5.11 Å². The topological polar surface area (TPSA) is 86.3 Å². The molecule has 2 aromatic carbocycles. The van der Waals surface area contributed by atoms with Gasteiger partial charge in [-0.1, -0.05) is 61.5 Å². The summed E-state index contributed by atoms with van der Waals surface area (Å²) in [5.74, 6) is 0.440. The van der Waals surface area contributed by atoms with E-state index in [1.54, 1.807) is 0 Å². The minimum atomic E-state index is -0.762. The first-order valence-corrected chi connectivity index (χ1v) is 11.1. The van der Waals surface area contributed by atoms with E-state index in [-0.39, 0.29) is 18.5 Å². The molecule has 3 aromatic rings. The molecular formula is C26H30N4O2. The van der Waals surface area contributed by atoms with Crippen LogP contribution in [0.25, 0.3) is 0 Å². The van der Waals surface area contributed by atoms with Crippen LogP contribution in [0.1, 0.15) is 42.0 Å². The molecule has 0 amide bonds. The lowest BCUT2D eigenvalue weighted by atomic mass is 9.95. The third kappa shape index (κ3) is 5.45. The van der Waals surface area contributed by atoms with Crippen molar-refractivity contribution in [2.24, 2.45) is 0 Å². The number of aromatic nitrogens is 1. The number of nitrogens with one attached hydrogen (secondary N) is 3. The summed E-state index contributed by atoms with van der Waals surface area (Å²) >= 11 is 0. The van der Waals surface area contributed by atoms with Crippen molar-refractivity contribution in [3.05, 3.63) is 89.6 Å². The van der Waals surface area contributed by atoms with E-state index in [1.807, 2.05) is 36.5 Å². The van der Waals surface area contributed by atoms with Gasteiger partial charge in [-0.3, -0.25) is 4.79 Å². The molecule has 0 radical (unpaired) electrons. The zero-order valence-corrected chi connectivity index (χ0v) is 18.3. The predicted molar refractivity (Wildman–Crippen MR) is 128 cm³/mol. The quantitative estimate of drug-likeness (QED) is 0.402. The molecule has 0 spiro atoms. The average molecular weight is 431 g/mol. The molecule has 0 bridgehead atoms. The third-order valence-corrected chi connectivity index (χ3v) is 6.02. The van der Waals surface area contributed by atoms with E-state index in [0.717, 1.165) is 30.2 Å². The van der Waals surface area contributed by atoms with E-state index < -0.39 is 5.97 Å². The number of fused-ring (bicyclic) bond motifs is 1. The first-order chi connectivity index (χ1) is 15.6. The number of pyridine rings is 1. The normalized spacial score (nSPS) is 16.8. The maximum atomic E-state index is 10.8. The van der Waals surface area contributed by atoms with Crippen LogP contribution in [0.15, 0.2) is 72.9 Å². The van der Waals surface area contributed by atoms with Crippen LogP contribution in [0.3, 0.4) is 0 Å². The summed E-state index contributed by atoms with van der Waals surface area (Å²) in [7, 11) is 0. The van der Waals surface area contributed by atoms with Crippen molar-refractivity contribution >= 4 is 17.5 Å². The Hall–Kier alpha value is -3.38. The Morgan fingerprint density at radius 2 is 1.88 bits per heavy atom. The number of aliphatic carboxylic acids is 1. The van der Waals surface area contributed by atoms with Crippen LogP contribution < -0.4 is 16.0 Å². The van der Waals surface area contributed by atoms with Crippen LogP contribution in [-0.2, 0) is 11.2 Å². The molecule has 1 aliphatic rings. The fourth-order valence-electron chi connectivity index (χ4n) is 4.15. The summed E-state index contributed by atoms with van der Waals surface area (Å²) in [6.07, 6.45) is 2.53. The van der Waals surface area contributed by atoms with E-state index >= 15 is 0 Å². The highest BCUT2D eigenvalue weighted by molar-refractivity contribution is 5.67. The van der Waals surface area contributed by atoms with E-state index in [2.05, 4.69) is 64.3 Å². The number of hydrogen-bond donors (Lipinski definition) is 4. The molecule has 1 aromatic heterocycles. The Balaban J connectivity index is 1.43. The number of hydrogen-bond acceptors (Lipinski definition) is 5. The number of carboxylic acids is 1. The highest BCUT2D eigenvalue weighted by Crippen LogP contribution is 2.29. The zero-order chi connectivity index (χ0) is 22.3. The fraction of sp³-hybridized carbons (Fsp3) is 0.308. The van der Waals surface area contributed by atoms with E-state index in [1.165, 1.54) is 11.1 Å². The van der Waals surface area contributed by atoms with Crippen molar-refractivity contribution < 1.29 is 9.90 Å². The molecule has 2 heterocycles. The monoisotopic (exact) mass is 430 g/mol. The Morgan fingerprint density at radius 1 is 1.09 bits per heavy atom. The van der Waals surface area contributed by atoms with Crippen molar-refractivity contribution in [3.63, 3.8) is 0 Å². The molecule has 1 unspecified atom stereocenters. The van der Waals surface area contributed by atoms with Gasteiger partial charge in [0.15, 0.2) is 0 Å². The van der Waals surface area contributed by atoms with Gasteiger partial charge in [-0.2, -0.15) is 0 Å². The van der Waals surface area contributed by atoms with Gasteiger partial charge in [0.05, 0.1) is 17.8 Å². The first kappa shape index (κ1) is 21.8. The van der Waals surface area contributed by atoms with E-state index in [9.17, 15) is 4.79 Å². The van der Waals surface area contributed by atoms with Gasteiger partial charge in [-0.15, -0.1) is 0 Å². The number of aryl methyl sites for hydroxylation is 1. The summed E-state index contributed by atoms with van der Waals surface area (Å²) in [5, 5.41) is 19.8. The third-order valence-electron chi connectivity index (χ3n) is 6.02. The van der Waals surface area contributed by atoms with Crippen LogP contribution in [0.4, 0.5) is 11.5 Å². The summed E-state index contributed by atoms with van der Waals surface area (Å²) in [5.41, 5.74) is 4.57. The molecule has 4 rings (SSSR count). The van der Waals surface area contributed by atoms with Crippen molar-refractivity contribution in [1.82, 2.24) is 10.3 Å². The molecule has 6 heteroatoms. The van der Waals surface area contributed by atoms with Gasteiger partial charge in [0, 0.05) is 25.7 Å². The Bertz CT molecular complexity index is 1020. The lowest BCUT2D eigenvalue weighted by Crippen LogP contribution is -2.45. The largest absolute Gasteiger partial charge is 0.481 e. The minimum absolute atomic E-state index is 0.121. The molecule has 0 saturated carbocycles. The summed E-state index contributed by atoms with van der Waals surface area (Å²) < 4.78 is 0. The smallest absolute Gasteiger partial charge is 0.303 e. The highest BCUT2D eigenvalue weighted by Gasteiger charge is 2.27. The molecular weight excluding hydrogens is 400 g/mol. The van der Waals surface area contributed by atoms with Gasteiger partial charge in [0.25, 0.3) is 0 Å². The number of rotatable bonds is 9. The van der Waals surface area contributed by atoms with Crippen molar-refractivity contribution in [3.8, 4) is 0 Å². The average Bonchev–Trinajstić information content (AvgIpc) is 2.83. The van der Waals surface area contributed by atoms with Gasteiger partial charge >= 0.3 is 5.97 Å². The maximum Gasteiger partial charge on any atom is 0.303 e.